The van der Waals surface area contributed by atoms with Crippen LogP contribution in [0.15, 0.2) is 108 Å². The van der Waals surface area contributed by atoms with Gasteiger partial charge in [-0.2, -0.15) is 5.10 Å². The van der Waals surface area contributed by atoms with Crippen LogP contribution in [0.3, 0.4) is 0 Å². The molecule has 1 unspecified atom stereocenters. The maximum Gasteiger partial charge on any atom is 0.263 e. The molecule has 13 nitrogen and oxygen atoms in total. The molecule has 60 heavy (non-hydrogen) atoms. The van der Waals surface area contributed by atoms with E-state index in [4.69, 9.17) is 15.6 Å². The third-order valence-corrected chi connectivity index (χ3v) is 12.6. The van der Waals surface area contributed by atoms with Crippen LogP contribution in [0.1, 0.15) is 70.0 Å². The van der Waals surface area contributed by atoms with Crippen LogP contribution in [0.4, 0.5) is 5.82 Å². The van der Waals surface area contributed by atoms with Crippen LogP contribution in [0.2, 0.25) is 0 Å². The van der Waals surface area contributed by atoms with Gasteiger partial charge in [-0.15, -0.1) is 11.8 Å². The molecule has 2 fully saturated rings. The summed E-state index contributed by atoms with van der Waals surface area (Å²) in [5, 5.41) is 8.12. The third kappa shape index (κ3) is 8.00. The summed E-state index contributed by atoms with van der Waals surface area (Å²) < 4.78 is 8.05. The largest absolute Gasteiger partial charge is 0.457 e. The lowest BCUT2D eigenvalue weighted by molar-refractivity contribution is -0.136. The summed E-state index contributed by atoms with van der Waals surface area (Å²) in [6.07, 6.45) is 6.51. The van der Waals surface area contributed by atoms with E-state index in [0.717, 1.165) is 101 Å². The molecule has 4 aromatic carbocycles. The Kier molecular flexibility index (Phi) is 11.1. The van der Waals surface area contributed by atoms with E-state index in [2.05, 4.69) is 49.1 Å². The first kappa shape index (κ1) is 39.1. The van der Waals surface area contributed by atoms with Gasteiger partial charge >= 0.3 is 0 Å². The highest BCUT2D eigenvalue weighted by Crippen LogP contribution is 2.37. The number of carbonyl (C=O) groups is 4. The Morgan fingerprint density at radius 2 is 1.52 bits per heavy atom. The van der Waals surface area contributed by atoms with Gasteiger partial charge in [0.1, 0.15) is 35.4 Å². The topological polar surface area (TPSA) is 166 Å². The number of nitrogens with two attached hydrogens (primary N) is 1. The van der Waals surface area contributed by atoms with Gasteiger partial charge in [-0.1, -0.05) is 48.5 Å². The highest BCUT2D eigenvalue weighted by molar-refractivity contribution is 7.99. The van der Waals surface area contributed by atoms with E-state index in [1.807, 2.05) is 60.7 Å². The predicted octanol–water partition coefficient (Wildman–Crippen LogP) is 6.87. The number of hydrogen-bond donors (Lipinski definition) is 2. The third-order valence-electron chi connectivity index (χ3n) is 11.6. The molecule has 4 amide bonds. The quantitative estimate of drug-likeness (QED) is 0.0923. The highest BCUT2D eigenvalue weighted by Gasteiger charge is 2.45. The molecule has 3 aliphatic rings. The summed E-state index contributed by atoms with van der Waals surface area (Å²) in [7, 11) is 0. The number of thioether (sulfide) groups is 1. The van der Waals surface area contributed by atoms with E-state index in [1.54, 1.807) is 12.1 Å². The van der Waals surface area contributed by atoms with E-state index in [1.165, 1.54) is 29.2 Å². The molecule has 0 bridgehead atoms. The summed E-state index contributed by atoms with van der Waals surface area (Å²) in [6, 6.07) is 30.8. The molecule has 5 heterocycles. The number of fused-ring (bicyclic) bond motifs is 2. The molecule has 2 saturated heterocycles. The maximum absolute atomic E-state index is 13.4. The normalized spacial score (nSPS) is 17.3. The van der Waals surface area contributed by atoms with Gasteiger partial charge < -0.3 is 15.4 Å². The van der Waals surface area contributed by atoms with Crippen molar-refractivity contribution in [3.05, 3.63) is 126 Å². The van der Waals surface area contributed by atoms with Crippen molar-refractivity contribution in [1.82, 2.24) is 34.9 Å². The second kappa shape index (κ2) is 17.1. The first-order chi connectivity index (χ1) is 29.3. The predicted molar refractivity (Wildman–Crippen MR) is 229 cm³/mol. The lowest BCUT2D eigenvalue weighted by atomic mass is 10.0. The summed E-state index contributed by atoms with van der Waals surface area (Å²) in [5.74, 6) is 0.701. The fourth-order valence-electron chi connectivity index (χ4n) is 8.41. The number of rotatable bonds is 13. The average molecular weight is 821 g/mol. The number of carbonyl (C=O) groups excluding carboxylic acids is 4. The number of piperidine rings is 2. The molecule has 14 heteroatoms. The number of benzene rings is 4. The summed E-state index contributed by atoms with van der Waals surface area (Å²) >= 11 is 1.53. The first-order valence-electron chi connectivity index (χ1n) is 20.4. The lowest BCUT2D eigenvalue weighted by Gasteiger charge is -2.32. The lowest BCUT2D eigenvalue weighted by Crippen LogP contribution is -2.54. The minimum Gasteiger partial charge on any atom is -0.457 e. The fourth-order valence-corrected chi connectivity index (χ4v) is 9.48. The molecule has 3 N–H and O–H groups in total. The van der Waals surface area contributed by atoms with Gasteiger partial charge in [0.25, 0.3) is 11.8 Å². The van der Waals surface area contributed by atoms with E-state index in [0.29, 0.717) is 16.9 Å². The monoisotopic (exact) mass is 820 g/mol. The number of ether oxygens (including phenoxy) is 1. The van der Waals surface area contributed by atoms with Gasteiger partial charge in [0.05, 0.1) is 22.6 Å². The highest BCUT2D eigenvalue weighted by atomic mass is 32.2. The first-order valence-corrected chi connectivity index (χ1v) is 21.4. The van der Waals surface area contributed by atoms with E-state index >= 15 is 0 Å². The standard InChI is InChI=1S/C46H44N8O5S/c47-42-40-41(31-15-17-34(18-16-31)59-33-7-2-1-3-8-33)51-54(43(40)49-28-48-42)32-21-25-52(26-22-32)24-5-6-29-11-13-30(14-12-29)23-27-60-37-10-4-9-35-39(37)46(58)53(45(35)57)36-19-20-38(55)50-44(36)56/h1-4,7-18,28,32,36H,5-6,19-27H2,(H2,47,48,49)(H,50,55,56). The van der Waals surface area contributed by atoms with E-state index in [9.17, 15) is 19.2 Å². The van der Waals surface area contributed by atoms with Gasteiger partial charge in [-0.3, -0.25) is 29.4 Å². The maximum atomic E-state index is 13.4. The van der Waals surface area contributed by atoms with Crippen LogP contribution in [0.25, 0.3) is 22.3 Å². The van der Waals surface area contributed by atoms with Gasteiger partial charge in [0.15, 0.2) is 5.65 Å². The number of imide groups is 2. The number of nitrogens with one attached hydrogen (secondary N) is 1. The molecule has 9 rings (SSSR count). The van der Waals surface area contributed by atoms with Crippen LogP contribution in [0, 0.1) is 0 Å². The number of anilines is 1. The summed E-state index contributed by atoms with van der Waals surface area (Å²) in [4.78, 5) is 64.0. The minimum absolute atomic E-state index is 0.0914. The zero-order chi connectivity index (χ0) is 41.2. The number of amides is 4. The molecular formula is C46H44N8O5S. The molecule has 0 radical (unpaired) electrons. The van der Waals surface area contributed by atoms with Gasteiger partial charge in [0, 0.05) is 35.7 Å². The molecule has 304 valence electrons. The summed E-state index contributed by atoms with van der Waals surface area (Å²) in [6.45, 7) is 2.97. The second-order valence-electron chi connectivity index (χ2n) is 15.4. The van der Waals surface area contributed by atoms with Crippen LogP contribution in [-0.2, 0) is 22.4 Å². The molecule has 3 aliphatic heterocycles. The van der Waals surface area contributed by atoms with Crippen molar-refractivity contribution in [3.8, 4) is 22.8 Å². The van der Waals surface area contributed by atoms with Crippen molar-refractivity contribution in [2.75, 3.05) is 31.1 Å². The van der Waals surface area contributed by atoms with E-state index in [-0.39, 0.29) is 18.9 Å². The van der Waals surface area contributed by atoms with Crippen molar-refractivity contribution in [1.29, 1.82) is 0 Å². The smallest absolute Gasteiger partial charge is 0.263 e. The number of hydrogen-bond acceptors (Lipinski definition) is 11. The Morgan fingerprint density at radius 3 is 2.27 bits per heavy atom. The Labute approximate surface area is 351 Å². The molecular weight excluding hydrogens is 777 g/mol. The Bertz CT molecular complexity index is 2570. The van der Waals surface area contributed by atoms with E-state index < -0.39 is 29.7 Å². The molecule has 6 aromatic rings. The van der Waals surface area contributed by atoms with Crippen molar-refractivity contribution in [2.24, 2.45) is 0 Å². The van der Waals surface area contributed by atoms with Crippen LogP contribution >= 0.6 is 11.8 Å². The Morgan fingerprint density at radius 1 is 0.783 bits per heavy atom. The van der Waals surface area contributed by atoms with Gasteiger partial charge in [-0.25, -0.2) is 14.6 Å². The molecule has 1 atom stereocenters. The van der Waals surface area contributed by atoms with Crippen molar-refractivity contribution >= 4 is 52.2 Å². The summed E-state index contributed by atoms with van der Waals surface area (Å²) in [5.41, 5.74) is 12.0. The fraction of sp³-hybridized carbons (Fsp3) is 0.283. The van der Waals surface area contributed by atoms with Crippen molar-refractivity contribution in [2.45, 2.75) is 61.9 Å². The minimum atomic E-state index is -0.976. The van der Waals surface area contributed by atoms with Crippen molar-refractivity contribution < 1.29 is 23.9 Å². The Hall–Kier alpha value is -6.38. The van der Waals surface area contributed by atoms with Crippen LogP contribution in [0.5, 0.6) is 11.5 Å². The number of nitrogens with zero attached hydrogens (tertiary/aromatic N) is 6. The average Bonchev–Trinajstić information content (AvgIpc) is 3.78. The van der Waals surface area contributed by atoms with Crippen LogP contribution in [-0.4, -0.2) is 84.6 Å². The SMILES string of the molecule is Nc1ncnc2c1c(-c1ccc(Oc3ccccc3)cc1)nn2C1CCN(CCCc2ccc(CCSc3cccc4c3C(=O)N(C3CCC(=O)NC3=O)C4=O)cc2)CC1. The van der Waals surface area contributed by atoms with Crippen LogP contribution < -0.4 is 15.8 Å². The number of aromatic nitrogens is 4. The molecule has 0 aliphatic carbocycles. The van der Waals surface area contributed by atoms with Gasteiger partial charge in [-0.05, 0) is 105 Å². The number of nitrogen functional groups attached to an aromatic ring is 1. The molecule has 2 aromatic heterocycles. The number of likely N-dealkylation sites (tertiary alicyclic amines) is 1. The number of para-hydroxylation sites is 1. The molecule has 0 spiro atoms. The number of aryl methyl sites for hydroxylation is 2. The van der Waals surface area contributed by atoms with Crippen molar-refractivity contribution in [3.63, 3.8) is 0 Å². The Balaban J connectivity index is 0.750. The van der Waals surface area contributed by atoms with Gasteiger partial charge in [0.2, 0.25) is 11.8 Å². The zero-order valence-corrected chi connectivity index (χ0v) is 33.8. The molecule has 0 saturated carbocycles. The zero-order valence-electron chi connectivity index (χ0n) is 33.0. The second-order valence-corrected chi connectivity index (χ2v) is 16.5.